The van der Waals surface area contributed by atoms with Crippen LogP contribution in [0.25, 0.3) is 33.6 Å². The van der Waals surface area contributed by atoms with Crippen LogP contribution in [-0.2, 0) is 26.5 Å². The molecule has 43 heavy (non-hydrogen) atoms. The number of hydrogen-bond acceptors (Lipinski definition) is 2. The van der Waals surface area contributed by atoms with Crippen LogP contribution < -0.4 is 5.19 Å². The molecule has 2 saturated carbocycles. The summed E-state index contributed by atoms with van der Waals surface area (Å²) in [6, 6.07) is 38.7. The van der Waals surface area contributed by atoms with Crippen molar-refractivity contribution in [2.45, 2.75) is 51.7 Å². The minimum absolute atomic E-state index is 0. The molecule has 2 aliphatic rings. The number of hydrogen-bond donors (Lipinski definition) is 0. The van der Waals surface area contributed by atoms with Crippen molar-refractivity contribution in [2.24, 2.45) is 17.8 Å². The summed E-state index contributed by atoms with van der Waals surface area (Å²) in [5.41, 5.74) is 7.05. The van der Waals surface area contributed by atoms with Crippen molar-refractivity contribution < 1.29 is 22.8 Å². The van der Waals surface area contributed by atoms with Crippen molar-refractivity contribution in [3.63, 3.8) is 0 Å². The second-order valence-corrected chi connectivity index (χ2v) is 17.7. The largest absolute Gasteiger partial charge is 0.305 e. The first kappa shape index (κ1) is 28.6. The van der Waals surface area contributed by atoms with Crippen molar-refractivity contribution in [3.8, 4) is 33.6 Å². The number of fused-ring (bicyclic) bond motifs is 2. The Morgan fingerprint density at radius 3 is 2.02 bits per heavy atom. The molecule has 0 saturated heterocycles. The SMILES string of the molecule is [2H]C([2H])(c1cc(-c2[c-]cccc2)ncc1[Si](C)(C)C)C1CC2CCC1C2.[Ir].[c-]1ccccc1-c1cc(-c2ccccc2)ccn1. The maximum absolute atomic E-state index is 9.15. The fourth-order valence-electron chi connectivity index (χ4n) is 6.43. The first-order valence-corrected chi connectivity index (χ1v) is 18.7. The Hall–Kier alpha value is -3.17. The molecule has 7 rings (SSSR count). The Labute approximate surface area is 275 Å². The molecule has 3 aromatic carbocycles. The van der Waals surface area contributed by atoms with Crippen LogP contribution in [0, 0.1) is 29.9 Å². The molecule has 2 aliphatic carbocycles. The molecule has 4 heteroatoms. The van der Waals surface area contributed by atoms with E-state index in [4.69, 9.17) is 7.73 Å². The second-order valence-electron chi connectivity index (χ2n) is 12.6. The first-order chi connectivity index (χ1) is 21.2. The van der Waals surface area contributed by atoms with Crippen LogP contribution in [0.3, 0.4) is 0 Å². The van der Waals surface area contributed by atoms with Crippen molar-refractivity contribution in [3.05, 3.63) is 127 Å². The first-order valence-electron chi connectivity index (χ1n) is 16.2. The van der Waals surface area contributed by atoms with E-state index >= 15 is 0 Å². The van der Waals surface area contributed by atoms with Crippen LogP contribution in [0.5, 0.6) is 0 Å². The number of aromatic nitrogens is 2. The van der Waals surface area contributed by atoms with Gasteiger partial charge in [0.2, 0.25) is 0 Å². The average Bonchev–Trinajstić information content (AvgIpc) is 3.71. The number of benzene rings is 3. The van der Waals surface area contributed by atoms with Gasteiger partial charge in [0, 0.05) is 35.2 Å². The van der Waals surface area contributed by atoms with Gasteiger partial charge in [-0.1, -0.05) is 74.1 Å². The van der Waals surface area contributed by atoms with Gasteiger partial charge in [0.25, 0.3) is 0 Å². The molecule has 2 nitrogen and oxygen atoms in total. The molecule has 1 radical (unpaired) electrons. The molecule has 0 aliphatic heterocycles. The third-order valence-electron chi connectivity index (χ3n) is 8.63. The molecule has 2 fully saturated rings. The summed E-state index contributed by atoms with van der Waals surface area (Å²) in [4.78, 5) is 9.10. The Kier molecular flexibility index (Phi) is 9.36. The molecule has 0 amide bonds. The average molecular weight is 759 g/mol. The zero-order valence-electron chi connectivity index (χ0n) is 27.2. The normalized spacial score (nSPS) is 19.8. The summed E-state index contributed by atoms with van der Waals surface area (Å²) in [5.74, 6) is 1.47. The number of nitrogens with zero attached hydrogens (tertiary/aromatic N) is 2. The summed E-state index contributed by atoms with van der Waals surface area (Å²) in [5, 5.41) is 1.17. The van der Waals surface area contributed by atoms with E-state index in [0.29, 0.717) is 5.92 Å². The van der Waals surface area contributed by atoms with Gasteiger partial charge >= 0.3 is 0 Å². The Morgan fingerprint density at radius 2 is 1.44 bits per heavy atom. The van der Waals surface area contributed by atoms with Gasteiger partial charge in [0.15, 0.2) is 0 Å². The quantitative estimate of drug-likeness (QED) is 0.128. The van der Waals surface area contributed by atoms with Gasteiger partial charge in [-0.05, 0) is 77.2 Å². The third-order valence-corrected chi connectivity index (χ3v) is 10.6. The van der Waals surface area contributed by atoms with E-state index in [2.05, 4.69) is 55.0 Å². The van der Waals surface area contributed by atoms with Gasteiger partial charge in [-0.25, -0.2) is 0 Å². The molecule has 3 atom stereocenters. The molecule has 3 unspecified atom stereocenters. The summed E-state index contributed by atoms with van der Waals surface area (Å²) < 4.78 is 18.3. The molecule has 2 heterocycles. The van der Waals surface area contributed by atoms with E-state index in [0.717, 1.165) is 40.4 Å². The molecule has 2 bridgehead atoms. The summed E-state index contributed by atoms with van der Waals surface area (Å²) in [6.45, 7) is 6.87. The van der Waals surface area contributed by atoms with Gasteiger partial charge in [0.05, 0.1) is 8.07 Å². The van der Waals surface area contributed by atoms with E-state index in [9.17, 15) is 0 Å². The van der Waals surface area contributed by atoms with Gasteiger partial charge in [0.1, 0.15) is 0 Å². The summed E-state index contributed by atoms with van der Waals surface area (Å²) in [7, 11) is -1.70. The molecule has 221 valence electrons. The van der Waals surface area contributed by atoms with Crippen LogP contribution in [-0.4, -0.2) is 18.0 Å². The minimum Gasteiger partial charge on any atom is -0.305 e. The fourth-order valence-corrected chi connectivity index (χ4v) is 7.84. The van der Waals surface area contributed by atoms with Gasteiger partial charge in [-0.15, -0.1) is 71.8 Å². The van der Waals surface area contributed by atoms with Gasteiger partial charge in [-0.3, -0.25) is 0 Å². The van der Waals surface area contributed by atoms with Gasteiger partial charge < -0.3 is 9.97 Å². The molecule has 2 aromatic heterocycles. The van der Waals surface area contributed by atoms with E-state index in [1.807, 2.05) is 91.3 Å². The molecule has 0 spiro atoms. The standard InChI is InChI=1S/C22H28NSi.C17H12N.Ir/c1-24(2,3)22-15-23-21(17-7-5-4-6-8-17)14-20(22)13-19-12-16-9-10-18(19)11-16;1-3-7-14(8-4-1)16-11-12-18-17(13-16)15-9-5-2-6-10-15;/h4-7,14-16,18-19H,9-13H2,1-3H3;1-9,11-13H;/q2*-1;/i13D2;;. The molecular formula is C39H40IrN2Si-2. The second kappa shape index (κ2) is 14.1. The Bertz CT molecular complexity index is 1640. The van der Waals surface area contributed by atoms with Crippen LogP contribution in [0.4, 0.5) is 0 Å². The molecule has 0 N–H and O–H groups in total. The van der Waals surface area contributed by atoms with Crippen LogP contribution in [0.2, 0.25) is 19.6 Å². The Morgan fingerprint density at radius 1 is 0.767 bits per heavy atom. The smallest absolute Gasteiger partial charge is 0.0798 e. The minimum atomic E-state index is -1.70. The Balaban J connectivity index is 0.000000185. The van der Waals surface area contributed by atoms with E-state index < -0.39 is 14.4 Å². The predicted molar refractivity (Wildman–Crippen MR) is 178 cm³/mol. The fraction of sp³-hybridized carbons (Fsp3) is 0.282. The van der Waals surface area contributed by atoms with Crippen LogP contribution >= 0.6 is 0 Å². The third kappa shape index (κ3) is 7.68. The predicted octanol–water partition coefficient (Wildman–Crippen LogP) is 9.29. The van der Waals surface area contributed by atoms with E-state index in [-0.39, 0.29) is 26.0 Å². The number of pyridine rings is 2. The number of rotatable bonds is 6. The summed E-state index contributed by atoms with van der Waals surface area (Å²) >= 11 is 0. The van der Waals surface area contributed by atoms with Crippen molar-refractivity contribution >= 4 is 13.3 Å². The maximum atomic E-state index is 9.15. The van der Waals surface area contributed by atoms with E-state index in [1.165, 1.54) is 35.6 Å². The van der Waals surface area contributed by atoms with Crippen LogP contribution in [0.1, 0.15) is 34.0 Å². The van der Waals surface area contributed by atoms with Gasteiger partial charge in [-0.2, -0.15) is 0 Å². The maximum Gasteiger partial charge on any atom is 0.0798 e. The zero-order valence-corrected chi connectivity index (χ0v) is 28.6. The molecular weight excluding hydrogens is 717 g/mol. The summed E-state index contributed by atoms with van der Waals surface area (Å²) in [6.07, 6.45) is 7.33. The van der Waals surface area contributed by atoms with Crippen LogP contribution in [0.15, 0.2) is 109 Å². The van der Waals surface area contributed by atoms with E-state index in [1.54, 1.807) is 0 Å². The monoisotopic (exact) mass is 759 g/mol. The topological polar surface area (TPSA) is 25.8 Å². The van der Waals surface area contributed by atoms with Crippen molar-refractivity contribution in [2.75, 3.05) is 0 Å². The van der Waals surface area contributed by atoms with Crippen molar-refractivity contribution in [1.29, 1.82) is 0 Å². The zero-order chi connectivity index (χ0) is 30.7. The van der Waals surface area contributed by atoms with Crippen molar-refractivity contribution in [1.82, 2.24) is 9.97 Å². The molecule has 5 aromatic rings.